The van der Waals surface area contributed by atoms with E-state index in [0.717, 1.165) is 12.8 Å². The number of amides is 2. The van der Waals surface area contributed by atoms with Crippen molar-refractivity contribution in [3.63, 3.8) is 0 Å². The molecule has 0 atom stereocenters. The van der Waals surface area contributed by atoms with Crippen LogP contribution >= 0.6 is 0 Å². The molecule has 0 aliphatic carbocycles. The van der Waals surface area contributed by atoms with Crippen LogP contribution in [0.4, 0.5) is 5.69 Å². The molecule has 0 spiro atoms. The quantitative estimate of drug-likeness (QED) is 0.797. The van der Waals surface area contributed by atoms with Gasteiger partial charge in [0.25, 0.3) is 11.8 Å². The third-order valence-electron chi connectivity index (χ3n) is 3.53. The minimum Gasteiger partial charge on any atom is -0.268 e. The van der Waals surface area contributed by atoms with Gasteiger partial charge in [-0.1, -0.05) is 37.6 Å². The van der Waals surface area contributed by atoms with E-state index in [1.54, 1.807) is 24.3 Å². The summed E-state index contributed by atoms with van der Waals surface area (Å²) >= 11 is 0. The molecule has 1 aliphatic rings. The van der Waals surface area contributed by atoms with Gasteiger partial charge < -0.3 is 0 Å². The van der Waals surface area contributed by atoms with Crippen molar-refractivity contribution in [1.82, 2.24) is 0 Å². The Kier molecular flexibility index (Phi) is 3.11. The van der Waals surface area contributed by atoms with E-state index in [-0.39, 0.29) is 11.8 Å². The van der Waals surface area contributed by atoms with Gasteiger partial charge in [0.2, 0.25) is 0 Å². The lowest BCUT2D eigenvalue weighted by molar-refractivity contribution is 0.0926. The van der Waals surface area contributed by atoms with E-state index in [2.05, 4.69) is 6.92 Å². The Morgan fingerprint density at radius 1 is 0.850 bits per heavy atom. The molecule has 0 saturated carbocycles. The Balaban J connectivity index is 1.96. The molecule has 2 aromatic rings. The third-order valence-corrected chi connectivity index (χ3v) is 3.53. The molecule has 0 bridgehead atoms. The summed E-state index contributed by atoms with van der Waals surface area (Å²) in [5, 5.41) is 0. The highest BCUT2D eigenvalue weighted by atomic mass is 16.2. The Hall–Kier alpha value is -2.42. The number of carbonyl (C=O) groups is 2. The Labute approximate surface area is 117 Å². The van der Waals surface area contributed by atoms with Crippen molar-refractivity contribution in [1.29, 1.82) is 0 Å². The van der Waals surface area contributed by atoms with Crippen LogP contribution in [0.15, 0.2) is 48.5 Å². The summed E-state index contributed by atoms with van der Waals surface area (Å²) in [6, 6.07) is 14.6. The first-order valence-corrected chi connectivity index (χ1v) is 6.79. The Morgan fingerprint density at radius 2 is 1.40 bits per heavy atom. The first-order valence-electron chi connectivity index (χ1n) is 6.79. The van der Waals surface area contributed by atoms with Gasteiger partial charge >= 0.3 is 0 Å². The largest absolute Gasteiger partial charge is 0.268 e. The van der Waals surface area contributed by atoms with Gasteiger partial charge in [0.05, 0.1) is 16.8 Å². The molecule has 0 saturated heterocycles. The number of carbonyl (C=O) groups excluding carboxylic acids is 2. The van der Waals surface area contributed by atoms with Crippen LogP contribution in [0.1, 0.15) is 39.6 Å². The van der Waals surface area contributed by atoms with Crippen LogP contribution in [0.5, 0.6) is 0 Å². The van der Waals surface area contributed by atoms with Gasteiger partial charge in [-0.15, -0.1) is 0 Å². The number of anilines is 1. The second kappa shape index (κ2) is 4.93. The fourth-order valence-electron chi connectivity index (χ4n) is 2.52. The summed E-state index contributed by atoms with van der Waals surface area (Å²) in [6.07, 6.45) is 2.08. The predicted molar refractivity (Wildman–Crippen MR) is 78.0 cm³/mol. The number of hydrogen-bond acceptors (Lipinski definition) is 2. The molecule has 20 heavy (non-hydrogen) atoms. The Morgan fingerprint density at radius 3 is 1.90 bits per heavy atom. The highest BCUT2D eigenvalue weighted by Gasteiger charge is 2.36. The fourth-order valence-corrected chi connectivity index (χ4v) is 2.52. The summed E-state index contributed by atoms with van der Waals surface area (Å²) < 4.78 is 0. The number of rotatable bonds is 3. The smallest absolute Gasteiger partial charge is 0.266 e. The van der Waals surface area contributed by atoms with E-state index < -0.39 is 0 Å². The summed E-state index contributed by atoms with van der Waals surface area (Å²) in [7, 11) is 0. The molecular weight excluding hydrogens is 250 g/mol. The second-order valence-electron chi connectivity index (χ2n) is 4.91. The normalized spacial score (nSPS) is 13.8. The summed E-state index contributed by atoms with van der Waals surface area (Å²) in [6.45, 7) is 2.12. The zero-order valence-electron chi connectivity index (χ0n) is 11.3. The number of imide groups is 1. The minimum absolute atomic E-state index is 0.242. The van der Waals surface area contributed by atoms with E-state index in [4.69, 9.17) is 0 Å². The van der Waals surface area contributed by atoms with Crippen molar-refractivity contribution in [2.75, 3.05) is 4.90 Å². The lowest BCUT2D eigenvalue weighted by Crippen LogP contribution is -2.29. The second-order valence-corrected chi connectivity index (χ2v) is 4.91. The monoisotopic (exact) mass is 265 g/mol. The lowest BCUT2D eigenvalue weighted by atomic mass is 10.1. The zero-order chi connectivity index (χ0) is 14.1. The van der Waals surface area contributed by atoms with Gasteiger partial charge in [-0.25, -0.2) is 4.90 Å². The average Bonchev–Trinajstić information content (AvgIpc) is 2.73. The molecular formula is C17H15NO2. The zero-order valence-corrected chi connectivity index (χ0v) is 11.3. The van der Waals surface area contributed by atoms with Crippen molar-refractivity contribution >= 4 is 17.5 Å². The highest BCUT2D eigenvalue weighted by molar-refractivity contribution is 6.34. The molecule has 0 aromatic heterocycles. The molecule has 0 unspecified atom stereocenters. The molecule has 0 N–H and O–H groups in total. The maximum Gasteiger partial charge on any atom is 0.266 e. The van der Waals surface area contributed by atoms with E-state index in [1.807, 2.05) is 24.3 Å². The van der Waals surface area contributed by atoms with Gasteiger partial charge in [-0.3, -0.25) is 9.59 Å². The maximum atomic E-state index is 12.3. The van der Waals surface area contributed by atoms with Crippen molar-refractivity contribution in [2.24, 2.45) is 0 Å². The number of hydrogen-bond donors (Lipinski definition) is 0. The molecule has 2 amide bonds. The molecule has 100 valence electrons. The van der Waals surface area contributed by atoms with Gasteiger partial charge in [0.15, 0.2) is 0 Å². The molecule has 2 aromatic carbocycles. The molecule has 0 fully saturated rings. The molecule has 3 rings (SSSR count). The van der Waals surface area contributed by atoms with Crippen molar-refractivity contribution < 1.29 is 9.59 Å². The summed E-state index contributed by atoms with van der Waals surface area (Å²) in [5.74, 6) is -0.484. The van der Waals surface area contributed by atoms with Crippen LogP contribution in [0.3, 0.4) is 0 Å². The molecule has 1 heterocycles. The fraction of sp³-hybridized carbons (Fsp3) is 0.176. The minimum atomic E-state index is -0.242. The summed E-state index contributed by atoms with van der Waals surface area (Å²) in [4.78, 5) is 25.9. The van der Waals surface area contributed by atoms with Gasteiger partial charge in [-0.2, -0.15) is 0 Å². The van der Waals surface area contributed by atoms with E-state index in [9.17, 15) is 9.59 Å². The van der Waals surface area contributed by atoms with Crippen LogP contribution in [-0.4, -0.2) is 11.8 Å². The molecule has 1 aliphatic heterocycles. The molecule has 3 nitrogen and oxygen atoms in total. The number of nitrogens with zero attached hydrogens (tertiary/aromatic N) is 1. The van der Waals surface area contributed by atoms with E-state index in [1.165, 1.54) is 10.5 Å². The first-order chi connectivity index (χ1) is 9.72. The lowest BCUT2D eigenvalue weighted by Gasteiger charge is -2.14. The van der Waals surface area contributed by atoms with Gasteiger partial charge in [0.1, 0.15) is 0 Å². The van der Waals surface area contributed by atoms with E-state index in [0.29, 0.717) is 16.8 Å². The van der Waals surface area contributed by atoms with Crippen LogP contribution in [0.25, 0.3) is 0 Å². The summed E-state index contributed by atoms with van der Waals surface area (Å²) in [5.41, 5.74) is 2.81. The third kappa shape index (κ3) is 1.92. The first kappa shape index (κ1) is 12.6. The highest BCUT2D eigenvalue weighted by Crippen LogP contribution is 2.28. The molecule has 3 heteroatoms. The van der Waals surface area contributed by atoms with Crippen molar-refractivity contribution in [2.45, 2.75) is 19.8 Å². The van der Waals surface area contributed by atoms with Crippen LogP contribution in [0.2, 0.25) is 0 Å². The van der Waals surface area contributed by atoms with Gasteiger partial charge in [-0.05, 0) is 36.2 Å². The van der Waals surface area contributed by atoms with E-state index >= 15 is 0 Å². The standard InChI is InChI=1S/C17H15NO2/c1-2-5-12-8-10-13(11-9-12)18-16(19)14-6-3-4-7-15(14)17(18)20/h3-4,6-11H,2,5H2,1H3. The SMILES string of the molecule is CCCc1ccc(N2C(=O)c3ccccc3C2=O)cc1. The van der Waals surface area contributed by atoms with Gasteiger partial charge in [0, 0.05) is 0 Å². The maximum absolute atomic E-state index is 12.3. The molecule has 0 radical (unpaired) electrons. The number of benzene rings is 2. The number of fused-ring (bicyclic) bond motifs is 1. The van der Waals surface area contributed by atoms with Crippen LogP contribution < -0.4 is 4.90 Å². The topological polar surface area (TPSA) is 37.4 Å². The Bertz CT molecular complexity index is 639. The number of aryl methyl sites for hydroxylation is 1. The predicted octanol–water partition coefficient (Wildman–Crippen LogP) is 3.44. The average molecular weight is 265 g/mol. The van der Waals surface area contributed by atoms with Crippen molar-refractivity contribution in [3.05, 3.63) is 65.2 Å². The van der Waals surface area contributed by atoms with Crippen LogP contribution in [0, 0.1) is 0 Å². The van der Waals surface area contributed by atoms with Crippen molar-refractivity contribution in [3.8, 4) is 0 Å². The van der Waals surface area contributed by atoms with Crippen LogP contribution in [-0.2, 0) is 6.42 Å².